The Morgan fingerprint density at radius 2 is 2.00 bits per heavy atom. The van der Waals surface area contributed by atoms with Crippen molar-refractivity contribution in [2.45, 2.75) is 57.9 Å². The third-order valence-corrected chi connectivity index (χ3v) is 7.97. The average Bonchev–Trinajstić information content (AvgIpc) is 2.90. The molecular formula is C30H36FN5O2. The molecule has 1 amide bonds. The van der Waals surface area contributed by atoms with Crippen LogP contribution >= 0.6 is 0 Å². The minimum atomic E-state index is -0.436. The Morgan fingerprint density at radius 3 is 2.76 bits per heavy atom. The molecule has 1 aliphatic carbocycles. The number of rotatable bonds is 7. The molecule has 0 unspecified atom stereocenters. The standard InChI is InChI=1S/C30H36FN5O2/c1-3-8-35-9-10-36(18-29(35)38)23-15-26-27(31)5-4-25(30(26)34-17-23)28(37)14-21-16-33-7-6-24(21)20-11-19(2)12-22(32)13-20/h4-7,15-17,19-20,22H,3,8-14,18,32H2,1-2H3/t19-,20+,22-/m0/s1. The van der Waals surface area contributed by atoms with Gasteiger partial charge in [0.05, 0.1) is 23.9 Å². The number of benzene rings is 1. The number of aromatic nitrogens is 2. The summed E-state index contributed by atoms with van der Waals surface area (Å²) in [5.41, 5.74) is 9.75. The molecule has 0 bridgehead atoms. The number of fused-ring (bicyclic) bond motifs is 1. The zero-order chi connectivity index (χ0) is 26.8. The first kappa shape index (κ1) is 26.2. The Kier molecular flexibility index (Phi) is 7.70. The van der Waals surface area contributed by atoms with E-state index in [9.17, 15) is 14.0 Å². The number of nitrogens with zero attached hydrogens (tertiary/aromatic N) is 4. The van der Waals surface area contributed by atoms with Crippen molar-refractivity contribution < 1.29 is 14.0 Å². The van der Waals surface area contributed by atoms with E-state index in [1.807, 2.05) is 15.9 Å². The van der Waals surface area contributed by atoms with Gasteiger partial charge in [-0.1, -0.05) is 13.8 Å². The molecule has 3 atom stereocenters. The van der Waals surface area contributed by atoms with Crippen molar-refractivity contribution in [3.63, 3.8) is 0 Å². The van der Waals surface area contributed by atoms with Gasteiger partial charge in [-0.2, -0.15) is 0 Å². The Labute approximate surface area is 223 Å². The molecule has 2 N–H and O–H groups in total. The smallest absolute Gasteiger partial charge is 0.242 e. The maximum Gasteiger partial charge on any atom is 0.242 e. The number of nitrogens with two attached hydrogens (primary N) is 1. The SMILES string of the molecule is CCCN1CCN(c2cnc3c(C(=O)Cc4cnccc4[C@@H]4C[C@H](C)C[C@H](N)C4)ccc(F)c3c2)CC1=O. The zero-order valence-electron chi connectivity index (χ0n) is 22.2. The summed E-state index contributed by atoms with van der Waals surface area (Å²) in [5.74, 6) is 0.328. The van der Waals surface area contributed by atoms with Crippen molar-refractivity contribution >= 4 is 28.3 Å². The number of halogens is 1. The number of carbonyl (C=O) groups excluding carboxylic acids is 2. The van der Waals surface area contributed by atoms with E-state index in [1.54, 1.807) is 24.7 Å². The summed E-state index contributed by atoms with van der Waals surface area (Å²) < 4.78 is 15.0. The van der Waals surface area contributed by atoms with Crippen molar-refractivity contribution in [2.24, 2.45) is 11.7 Å². The second-order valence-corrected chi connectivity index (χ2v) is 10.9. The van der Waals surface area contributed by atoms with Crippen LogP contribution in [0.2, 0.25) is 0 Å². The number of hydrogen-bond acceptors (Lipinski definition) is 6. The molecule has 7 nitrogen and oxygen atoms in total. The van der Waals surface area contributed by atoms with Gasteiger partial charge in [0.1, 0.15) is 5.82 Å². The number of Topliss-reactive ketones (excluding diaryl/α,β-unsaturated/α-hetero) is 1. The van der Waals surface area contributed by atoms with Gasteiger partial charge in [-0.25, -0.2) is 4.39 Å². The van der Waals surface area contributed by atoms with Gasteiger partial charge in [0.2, 0.25) is 5.91 Å². The van der Waals surface area contributed by atoms with Crippen LogP contribution in [-0.4, -0.2) is 58.8 Å². The molecular weight excluding hydrogens is 481 g/mol. The van der Waals surface area contributed by atoms with Gasteiger partial charge in [0, 0.05) is 55.4 Å². The largest absolute Gasteiger partial charge is 0.359 e. The summed E-state index contributed by atoms with van der Waals surface area (Å²) in [4.78, 5) is 38.7. The Morgan fingerprint density at radius 1 is 1.16 bits per heavy atom. The van der Waals surface area contributed by atoms with Crippen molar-refractivity contribution in [2.75, 3.05) is 31.1 Å². The van der Waals surface area contributed by atoms with E-state index in [4.69, 9.17) is 5.73 Å². The molecule has 1 saturated carbocycles. The molecule has 2 aliphatic rings. The lowest BCUT2D eigenvalue weighted by molar-refractivity contribution is -0.131. The van der Waals surface area contributed by atoms with Crippen LogP contribution in [0.1, 0.15) is 66.9 Å². The predicted octanol–water partition coefficient (Wildman–Crippen LogP) is 4.48. The molecule has 0 spiro atoms. The normalized spacial score (nSPS) is 22.2. The minimum Gasteiger partial charge on any atom is -0.359 e. The van der Waals surface area contributed by atoms with Gasteiger partial charge in [0.15, 0.2) is 5.78 Å². The van der Waals surface area contributed by atoms with Crippen LogP contribution in [-0.2, 0) is 11.2 Å². The highest BCUT2D eigenvalue weighted by atomic mass is 19.1. The van der Waals surface area contributed by atoms with E-state index in [0.29, 0.717) is 41.7 Å². The average molecular weight is 518 g/mol. The fourth-order valence-corrected chi connectivity index (χ4v) is 6.17. The first-order valence-corrected chi connectivity index (χ1v) is 13.7. The molecule has 3 heterocycles. The lowest BCUT2D eigenvalue weighted by Gasteiger charge is -2.35. The minimum absolute atomic E-state index is 0.0585. The summed E-state index contributed by atoms with van der Waals surface area (Å²) in [6.45, 7) is 6.55. The summed E-state index contributed by atoms with van der Waals surface area (Å²) in [6.07, 6.45) is 9.23. The second kappa shape index (κ2) is 11.2. The number of anilines is 1. The third-order valence-electron chi connectivity index (χ3n) is 7.97. The molecule has 0 radical (unpaired) electrons. The van der Waals surface area contributed by atoms with Crippen molar-refractivity contribution in [3.05, 3.63) is 65.4 Å². The van der Waals surface area contributed by atoms with Crippen LogP contribution in [0.25, 0.3) is 10.9 Å². The number of pyridine rings is 2. The third kappa shape index (κ3) is 5.41. The second-order valence-electron chi connectivity index (χ2n) is 10.9. The molecule has 2 aromatic heterocycles. The molecule has 8 heteroatoms. The lowest BCUT2D eigenvalue weighted by atomic mass is 9.75. The van der Waals surface area contributed by atoms with Gasteiger partial charge >= 0.3 is 0 Å². The molecule has 38 heavy (non-hydrogen) atoms. The molecule has 3 aromatic rings. The van der Waals surface area contributed by atoms with Gasteiger partial charge in [-0.3, -0.25) is 19.6 Å². The van der Waals surface area contributed by atoms with E-state index < -0.39 is 5.82 Å². The summed E-state index contributed by atoms with van der Waals surface area (Å²) in [5, 5.41) is 0.287. The highest BCUT2D eigenvalue weighted by molar-refractivity contribution is 6.08. The van der Waals surface area contributed by atoms with E-state index in [2.05, 4.69) is 23.8 Å². The van der Waals surface area contributed by atoms with E-state index in [-0.39, 0.29) is 36.1 Å². The van der Waals surface area contributed by atoms with E-state index in [1.165, 1.54) is 12.1 Å². The lowest BCUT2D eigenvalue weighted by Crippen LogP contribution is -2.50. The summed E-state index contributed by atoms with van der Waals surface area (Å²) in [6, 6.07) is 6.72. The molecule has 1 aromatic carbocycles. The van der Waals surface area contributed by atoms with Crippen molar-refractivity contribution in [3.8, 4) is 0 Å². The maximum absolute atomic E-state index is 15.0. The maximum atomic E-state index is 15.0. The first-order valence-electron chi connectivity index (χ1n) is 13.7. The van der Waals surface area contributed by atoms with Crippen LogP contribution in [0, 0.1) is 11.7 Å². The van der Waals surface area contributed by atoms with Crippen molar-refractivity contribution in [1.82, 2.24) is 14.9 Å². The Bertz CT molecular complexity index is 1340. The van der Waals surface area contributed by atoms with Gasteiger partial charge in [-0.05, 0) is 72.9 Å². The van der Waals surface area contributed by atoms with E-state index >= 15 is 0 Å². The predicted molar refractivity (Wildman–Crippen MR) is 147 cm³/mol. The number of carbonyl (C=O) groups is 2. The number of amides is 1. The Hall–Kier alpha value is -3.39. The first-order chi connectivity index (χ1) is 18.3. The van der Waals surface area contributed by atoms with Gasteiger partial charge in [0.25, 0.3) is 0 Å². The van der Waals surface area contributed by atoms with Crippen molar-refractivity contribution in [1.29, 1.82) is 0 Å². The number of hydrogen-bond donors (Lipinski definition) is 1. The highest BCUT2D eigenvalue weighted by Crippen LogP contribution is 2.37. The van der Waals surface area contributed by atoms with Crippen LogP contribution < -0.4 is 10.6 Å². The molecule has 5 rings (SSSR count). The van der Waals surface area contributed by atoms with Crippen LogP contribution in [0.5, 0.6) is 0 Å². The molecule has 1 aliphatic heterocycles. The fraction of sp³-hybridized carbons (Fsp3) is 0.467. The number of ketones is 1. The monoisotopic (exact) mass is 517 g/mol. The highest BCUT2D eigenvalue weighted by Gasteiger charge is 2.28. The van der Waals surface area contributed by atoms with Gasteiger partial charge in [-0.15, -0.1) is 0 Å². The molecule has 200 valence electrons. The Balaban J connectivity index is 1.40. The molecule has 2 fully saturated rings. The zero-order valence-corrected chi connectivity index (χ0v) is 22.2. The van der Waals surface area contributed by atoms with Crippen LogP contribution in [0.15, 0.2) is 42.9 Å². The van der Waals surface area contributed by atoms with Crippen LogP contribution in [0.3, 0.4) is 0 Å². The van der Waals surface area contributed by atoms with E-state index in [0.717, 1.165) is 43.4 Å². The summed E-state index contributed by atoms with van der Waals surface area (Å²) in [7, 11) is 0. The molecule has 1 saturated heterocycles. The van der Waals surface area contributed by atoms with Gasteiger partial charge < -0.3 is 15.5 Å². The fourth-order valence-electron chi connectivity index (χ4n) is 6.17. The summed E-state index contributed by atoms with van der Waals surface area (Å²) >= 11 is 0. The number of piperazine rings is 1. The van der Waals surface area contributed by atoms with Crippen LogP contribution in [0.4, 0.5) is 10.1 Å². The topological polar surface area (TPSA) is 92.4 Å². The quantitative estimate of drug-likeness (QED) is 0.465.